The molecule has 104 valence electrons. The van der Waals surface area contributed by atoms with Crippen LogP contribution in [0.2, 0.25) is 0 Å². The van der Waals surface area contributed by atoms with E-state index in [1.165, 1.54) is 0 Å². The molecule has 5 heteroatoms. The van der Waals surface area contributed by atoms with E-state index in [0.29, 0.717) is 18.8 Å². The SMILES string of the molecule is CC1(C)OC(=O)Nc2cccc(OCCCCO)c21. The van der Waals surface area contributed by atoms with Crippen molar-refractivity contribution in [1.82, 2.24) is 0 Å². The van der Waals surface area contributed by atoms with E-state index in [1.54, 1.807) is 0 Å². The van der Waals surface area contributed by atoms with Crippen LogP contribution in [0.25, 0.3) is 0 Å². The molecule has 0 saturated heterocycles. The van der Waals surface area contributed by atoms with E-state index in [9.17, 15) is 4.79 Å². The molecule has 0 fully saturated rings. The standard InChI is InChI=1S/C14H19NO4/c1-14(2)12-10(15-13(17)19-14)6-5-7-11(12)18-9-4-3-8-16/h5-7,16H,3-4,8-9H2,1-2H3,(H,15,17). The third-order valence-electron chi connectivity index (χ3n) is 3.02. The van der Waals surface area contributed by atoms with Gasteiger partial charge in [0.15, 0.2) is 0 Å². The molecule has 0 spiro atoms. The van der Waals surface area contributed by atoms with Crippen molar-refractivity contribution in [3.63, 3.8) is 0 Å². The molecule has 2 N–H and O–H groups in total. The summed E-state index contributed by atoms with van der Waals surface area (Å²) in [5.74, 6) is 0.709. The van der Waals surface area contributed by atoms with Crippen LogP contribution in [0.5, 0.6) is 5.75 Å². The van der Waals surface area contributed by atoms with Crippen LogP contribution in [-0.2, 0) is 10.3 Å². The number of rotatable bonds is 5. The number of aliphatic hydroxyl groups excluding tert-OH is 1. The maximum absolute atomic E-state index is 11.5. The third-order valence-corrected chi connectivity index (χ3v) is 3.02. The highest BCUT2D eigenvalue weighted by Gasteiger charge is 2.36. The molecule has 0 aromatic heterocycles. The predicted molar refractivity (Wildman–Crippen MR) is 71.4 cm³/mol. The van der Waals surface area contributed by atoms with Crippen molar-refractivity contribution in [3.8, 4) is 5.75 Å². The molecule has 0 aliphatic carbocycles. The predicted octanol–water partition coefficient (Wildman–Crippen LogP) is 2.64. The van der Waals surface area contributed by atoms with E-state index in [1.807, 2.05) is 32.0 Å². The van der Waals surface area contributed by atoms with Crippen LogP contribution in [0, 0.1) is 0 Å². The Labute approximate surface area is 112 Å². The van der Waals surface area contributed by atoms with Crippen LogP contribution >= 0.6 is 0 Å². The first-order valence-electron chi connectivity index (χ1n) is 6.42. The largest absolute Gasteiger partial charge is 0.493 e. The van der Waals surface area contributed by atoms with Crippen LogP contribution in [-0.4, -0.2) is 24.4 Å². The van der Waals surface area contributed by atoms with Gasteiger partial charge in [-0.3, -0.25) is 5.32 Å². The molecule has 1 aromatic carbocycles. The number of anilines is 1. The second-order valence-corrected chi connectivity index (χ2v) is 4.98. The second-order valence-electron chi connectivity index (χ2n) is 4.98. The summed E-state index contributed by atoms with van der Waals surface area (Å²) in [6.07, 6.45) is 1.05. The lowest BCUT2D eigenvalue weighted by Crippen LogP contribution is -2.35. The van der Waals surface area contributed by atoms with Crippen molar-refractivity contribution in [2.45, 2.75) is 32.3 Å². The summed E-state index contributed by atoms with van der Waals surface area (Å²) in [6.45, 7) is 4.37. The first-order chi connectivity index (χ1) is 9.04. The number of nitrogens with one attached hydrogen (secondary N) is 1. The average Bonchev–Trinajstić information content (AvgIpc) is 2.33. The highest BCUT2D eigenvalue weighted by Crippen LogP contribution is 2.41. The third kappa shape index (κ3) is 2.98. The van der Waals surface area contributed by atoms with Crippen molar-refractivity contribution in [3.05, 3.63) is 23.8 Å². The molecule has 0 saturated carbocycles. The molecular formula is C14H19NO4. The summed E-state index contributed by atoms with van der Waals surface area (Å²) in [4.78, 5) is 11.5. The Morgan fingerprint density at radius 2 is 2.16 bits per heavy atom. The molecule has 1 aliphatic heterocycles. The molecule has 0 atom stereocenters. The van der Waals surface area contributed by atoms with Crippen LogP contribution in [0.15, 0.2) is 18.2 Å². The Bertz CT molecular complexity index is 471. The lowest BCUT2D eigenvalue weighted by atomic mass is 9.94. The molecule has 0 radical (unpaired) electrons. The zero-order chi connectivity index (χ0) is 13.9. The normalized spacial score (nSPS) is 16.3. The van der Waals surface area contributed by atoms with Gasteiger partial charge in [-0.1, -0.05) is 6.07 Å². The molecule has 1 aliphatic rings. The maximum atomic E-state index is 11.5. The van der Waals surface area contributed by atoms with Gasteiger partial charge in [-0.2, -0.15) is 0 Å². The van der Waals surface area contributed by atoms with Crippen molar-refractivity contribution in [2.24, 2.45) is 0 Å². The fraction of sp³-hybridized carbons (Fsp3) is 0.500. The van der Waals surface area contributed by atoms with Crippen LogP contribution in [0.1, 0.15) is 32.3 Å². The molecule has 5 nitrogen and oxygen atoms in total. The number of cyclic esters (lactones) is 1. The number of hydrogen-bond donors (Lipinski definition) is 2. The Morgan fingerprint density at radius 1 is 1.37 bits per heavy atom. The van der Waals surface area contributed by atoms with E-state index in [-0.39, 0.29) is 6.61 Å². The Kier molecular flexibility index (Phi) is 3.95. The summed E-state index contributed by atoms with van der Waals surface area (Å²) in [7, 11) is 0. The minimum absolute atomic E-state index is 0.168. The average molecular weight is 265 g/mol. The van der Waals surface area contributed by atoms with Crippen molar-refractivity contribution in [1.29, 1.82) is 0 Å². The van der Waals surface area contributed by atoms with Crippen molar-refractivity contribution in [2.75, 3.05) is 18.5 Å². The van der Waals surface area contributed by atoms with Gasteiger partial charge in [0.25, 0.3) is 0 Å². The topological polar surface area (TPSA) is 67.8 Å². The molecule has 0 bridgehead atoms. The molecule has 1 heterocycles. The Morgan fingerprint density at radius 3 is 2.89 bits per heavy atom. The summed E-state index contributed by atoms with van der Waals surface area (Å²) in [5, 5.41) is 11.4. The van der Waals surface area contributed by atoms with E-state index >= 15 is 0 Å². The molecule has 19 heavy (non-hydrogen) atoms. The number of fused-ring (bicyclic) bond motifs is 1. The Hall–Kier alpha value is -1.75. The van der Waals surface area contributed by atoms with E-state index in [4.69, 9.17) is 14.6 Å². The lowest BCUT2D eigenvalue weighted by molar-refractivity contribution is 0.0395. The zero-order valence-corrected chi connectivity index (χ0v) is 11.2. The quantitative estimate of drug-likeness (QED) is 0.803. The number of carbonyl (C=O) groups excluding carboxylic acids is 1. The van der Waals surface area contributed by atoms with E-state index < -0.39 is 11.7 Å². The van der Waals surface area contributed by atoms with Crippen molar-refractivity contribution >= 4 is 11.8 Å². The minimum atomic E-state index is -0.717. The highest BCUT2D eigenvalue weighted by molar-refractivity contribution is 5.89. The summed E-state index contributed by atoms with van der Waals surface area (Å²) in [6, 6.07) is 5.53. The summed E-state index contributed by atoms with van der Waals surface area (Å²) in [5.41, 5.74) is 0.852. The second kappa shape index (κ2) is 5.48. The van der Waals surface area contributed by atoms with Gasteiger partial charge in [0, 0.05) is 6.61 Å². The number of carbonyl (C=O) groups is 1. The summed E-state index contributed by atoms with van der Waals surface area (Å²) < 4.78 is 11.0. The first-order valence-corrected chi connectivity index (χ1v) is 6.42. The number of ether oxygens (including phenoxy) is 2. The molecule has 0 unspecified atom stereocenters. The first kappa shape index (κ1) is 13.7. The Balaban J connectivity index is 2.22. The molecule has 1 amide bonds. The van der Waals surface area contributed by atoms with Crippen LogP contribution in [0.3, 0.4) is 0 Å². The maximum Gasteiger partial charge on any atom is 0.412 e. The number of hydrogen-bond acceptors (Lipinski definition) is 4. The lowest BCUT2D eigenvalue weighted by Gasteiger charge is -2.33. The van der Waals surface area contributed by atoms with Gasteiger partial charge < -0.3 is 14.6 Å². The van der Waals surface area contributed by atoms with Gasteiger partial charge >= 0.3 is 6.09 Å². The van der Waals surface area contributed by atoms with E-state index in [2.05, 4.69) is 5.32 Å². The zero-order valence-electron chi connectivity index (χ0n) is 11.2. The minimum Gasteiger partial charge on any atom is -0.493 e. The summed E-state index contributed by atoms with van der Waals surface area (Å²) >= 11 is 0. The van der Waals surface area contributed by atoms with Crippen LogP contribution in [0.4, 0.5) is 10.5 Å². The van der Waals surface area contributed by atoms with Gasteiger partial charge in [-0.05, 0) is 38.8 Å². The number of aliphatic hydroxyl groups is 1. The van der Waals surface area contributed by atoms with Gasteiger partial charge in [0.1, 0.15) is 11.4 Å². The number of unbranched alkanes of at least 4 members (excludes halogenated alkanes) is 1. The monoisotopic (exact) mass is 265 g/mol. The number of benzene rings is 1. The van der Waals surface area contributed by atoms with Gasteiger partial charge in [-0.15, -0.1) is 0 Å². The van der Waals surface area contributed by atoms with Crippen molar-refractivity contribution < 1.29 is 19.4 Å². The molecular weight excluding hydrogens is 246 g/mol. The van der Waals surface area contributed by atoms with Gasteiger partial charge in [0.05, 0.1) is 17.9 Å². The molecule has 2 rings (SSSR count). The number of amides is 1. The highest BCUT2D eigenvalue weighted by atomic mass is 16.6. The van der Waals surface area contributed by atoms with Gasteiger partial charge in [0.2, 0.25) is 0 Å². The van der Waals surface area contributed by atoms with Crippen LogP contribution < -0.4 is 10.1 Å². The molecule has 1 aromatic rings. The van der Waals surface area contributed by atoms with E-state index in [0.717, 1.165) is 17.7 Å². The van der Waals surface area contributed by atoms with Gasteiger partial charge in [-0.25, -0.2) is 4.79 Å². The smallest absolute Gasteiger partial charge is 0.412 e. The fourth-order valence-corrected chi connectivity index (χ4v) is 2.19. The fourth-order valence-electron chi connectivity index (χ4n) is 2.19.